The molecule has 1 heterocycles. The molecule has 1 fully saturated rings. The molecule has 1 aliphatic carbocycles. The van der Waals surface area contributed by atoms with Gasteiger partial charge in [0, 0.05) is 28.2 Å². The SMILES string of the molecule is Cc1cc(Cl)ccc1NC(=O)[C@H](C)C1CCC(c2ccnc3ccc(F)cc23)CC1. The minimum atomic E-state index is -0.228. The van der Waals surface area contributed by atoms with Crippen molar-refractivity contribution in [1.29, 1.82) is 0 Å². The van der Waals surface area contributed by atoms with E-state index < -0.39 is 0 Å². The molecule has 2 aromatic carbocycles. The fraction of sp³-hybridized carbons (Fsp3) is 0.360. The van der Waals surface area contributed by atoms with E-state index in [0.717, 1.165) is 47.8 Å². The van der Waals surface area contributed by atoms with E-state index in [1.165, 1.54) is 11.6 Å². The van der Waals surface area contributed by atoms with Gasteiger partial charge in [-0.1, -0.05) is 18.5 Å². The summed E-state index contributed by atoms with van der Waals surface area (Å²) in [5.41, 5.74) is 3.78. The summed E-state index contributed by atoms with van der Waals surface area (Å²) in [7, 11) is 0. The maximum Gasteiger partial charge on any atom is 0.227 e. The average Bonchev–Trinajstić information content (AvgIpc) is 2.75. The van der Waals surface area contributed by atoms with Crippen molar-refractivity contribution < 1.29 is 9.18 Å². The molecule has 0 aliphatic heterocycles. The summed E-state index contributed by atoms with van der Waals surface area (Å²) in [5, 5.41) is 4.63. The number of anilines is 1. The maximum atomic E-state index is 13.8. The van der Waals surface area contributed by atoms with Gasteiger partial charge in [-0.15, -0.1) is 0 Å². The number of carbonyl (C=O) groups excluding carboxylic acids is 1. The van der Waals surface area contributed by atoms with Crippen LogP contribution in [0.2, 0.25) is 5.02 Å². The number of halogens is 2. The summed E-state index contributed by atoms with van der Waals surface area (Å²) in [4.78, 5) is 17.2. The number of benzene rings is 2. The van der Waals surface area contributed by atoms with Crippen molar-refractivity contribution in [3.8, 4) is 0 Å². The number of nitrogens with zero attached hydrogens (tertiary/aromatic N) is 1. The Bertz CT molecular complexity index is 1080. The van der Waals surface area contributed by atoms with Gasteiger partial charge in [0.25, 0.3) is 0 Å². The maximum absolute atomic E-state index is 13.8. The predicted molar refractivity (Wildman–Crippen MR) is 120 cm³/mol. The molecular weight excluding hydrogens is 399 g/mol. The highest BCUT2D eigenvalue weighted by molar-refractivity contribution is 6.30. The first-order chi connectivity index (χ1) is 14.4. The number of aryl methyl sites for hydroxylation is 1. The van der Waals surface area contributed by atoms with Gasteiger partial charge in [0.2, 0.25) is 5.91 Å². The Labute approximate surface area is 181 Å². The number of carbonyl (C=O) groups is 1. The standard InChI is InChI=1S/C25H26ClFN2O/c1-15-13-19(26)7-9-23(15)29-25(30)16(2)17-3-5-18(6-4-17)21-11-12-28-24-10-8-20(27)14-22(21)24/h7-14,16-18H,3-6H2,1-2H3,(H,29,30)/t16-,17?,18?/m1/s1. The molecule has 1 N–H and O–H groups in total. The lowest BCUT2D eigenvalue weighted by Crippen LogP contribution is -2.29. The van der Waals surface area contributed by atoms with Gasteiger partial charge in [0.05, 0.1) is 5.52 Å². The van der Waals surface area contributed by atoms with Crippen molar-refractivity contribution in [1.82, 2.24) is 4.98 Å². The number of pyridine rings is 1. The third-order valence-corrected chi connectivity index (χ3v) is 6.75. The van der Waals surface area contributed by atoms with Crippen LogP contribution in [0.15, 0.2) is 48.7 Å². The molecule has 0 spiro atoms. The average molecular weight is 425 g/mol. The van der Waals surface area contributed by atoms with Gasteiger partial charge in [-0.05, 0) is 98.0 Å². The fourth-order valence-corrected chi connectivity index (χ4v) is 4.88. The first-order valence-electron chi connectivity index (χ1n) is 10.5. The van der Waals surface area contributed by atoms with Crippen LogP contribution in [0.3, 0.4) is 0 Å². The number of amides is 1. The highest BCUT2D eigenvalue weighted by Crippen LogP contribution is 2.41. The van der Waals surface area contributed by atoms with Gasteiger partial charge < -0.3 is 5.32 Å². The van der Waals surface area contributed by atoms with Gasteiger partial charge in [-0.25, -0.2) is 4.39 Å². The van der Waals surface area contributed by atoms with Crippen LogP contribution in [0.1, 0.15) is 49.7 Å². The Kier molecular flexibility index (Phi) is 6.05. The Morgan fingerprint density at radius 2 is 1.90 bits per heavy atom. The van der Waals surface area contributed by atoms with Crippen LogP contribution < -0.4 is 5.32 Å². The molecular formula is C25H26ClFN2O. The lowest BCUT2D eigenvalue weighted by atomic mass is 9.73. The number of hydrogen-bond donors (Lipinski definition) is 1. The molecule has 0 saturated heterocycles. The van der Waals surface area contributed by atoms with Crippen molar-refractivity contribution in [2.45, 2.75) is 45.4 Å². The minimum absolute atomic E-state index is 0.0558. The Balaban J connectivity index is 1.42. The third-order valence-electron chi connectivity index (χ3n) is 6.52. The van der Waals surface area contributed by atoms with E-state index in [0.29, 0.717) is 16.9 Å². The third kappa shape index (κ3) is 4.34. The van der Waals surface area contributed by atoms with Gasteiger partial charge in [0.1, 0.15) is 5.82 Å². The highest BCUT2D eigenvalue weighted by atomic mass is 35.5. The summed E-state index contributed by atoms with van der Waals surface area (Å²) < 4.78 is 13.8. The van der Waals surface area contributed by atoms with Crippen molar-refractivity contribution >= 4 is 34.1 Å². The summed E-state index contributed by atoms with van der Waals surface area (Å²) in [6, 6.07) is 12.3. The molecule has 156 valence electrons. The van der Waals surface area contributed by atoms with E-state index in [1.807, 2.05) is 38.2 Å². The Hall–Kier alpha value is -2.46. The molecule has 30 heavy (non-hydrogen) atoms. The Morgan fingerprint density at radius 3 is 2.63 bits per heavy atom. The molecule has 1 saturated carbocycles. The van der Waals surface area contributed by atoms with Crippen LogP contribution in [0.25, 0.3) is 10.9 Å². The van der Waals surface area contributed by atoms with E-state index >= 15 is 0 Å². The largest absolute Gasteiger partial charge is 0.326 e. The molecule has 1 aromatic heterocycles. The highest BCUT2D eigenvalue weighted by Gasteiger charge is 2.30. The summed E-state index contributed by atoms with van der Waals surface area (Å²) in [6.45, 7) is 3.96. The number of hydrogen-bond acceptors (Lipinski definition) is 2. The van der Waals surface area contributed by atoms with Crippen LogP contribution in [0.4, 0.5) is 10.1 Å². The second-order valence-electron chi connectivity index (χ2n) is 8.41. The normalized spacial score (nSPS) is 20.1. The number of rotatable bonds is 4. The van der Waals surface area contributed by atoms with E-state index in [-0.39, 0.29) is 17.6 Å². The molecule has 1 amide bonds. The van der Waals surface area contributed by atoms with Crippen molar-refractivity contribution in [3.05, 3.63) is 70.6 Å². The molecule has 3 aromatic rings. The second-order valence-corrected chi connectivity index (χ2v) is 8.85. The zero-order chi connectivity index (χ0) is 21.3. The molecule has 3 nitrogen and oxygen atoms in total. The smallest absolute Gasteiger partial charge is 0.227 e. The molecule has 0 radical (unpaired) electrons. The van der Waals surface area contributed by atoms with Gasteiger partial charge in [0.15, 0.2) is 0 Å². The van der Waals surface area contributed by atoms with Gasteiger partial charge >= 0.3 is 0 Å². The molecule has 1 aliphatic rings. The van der Waals surface area contributed by atoms with Crippen LogP contribution in [-0.2, 0) is 4.79 Å². The quantitative estimate of drug-likeness (QED) is 0.495. The monoisotopic (exact) mass is 424 g/mol. The van der Waals surface area contributed by atoms with E-state index in [2.05, 4.69) is 10.3 Å². The van der Waals surface area contributed by atoms with Crippen LogP contribution >= 0.6 is 11.6 Å². The van der Waals surface area contributed by atoms with Gasteiger partial charge in [-0.3, -0.25) is 9.78 Å². The number of aromatic nitrogens is 1. The molecule has 0 unspecified atom stereocenters. The van der Waals surface area contributed by atoms with Crippen molar-refractivity contribution in [3.63, 3.8) is 0 Å². The summed E-state index contributed by atoms with van der Waals surface area (Å²) in [6.07, 6.45) is 5.78. The number of nitrogens with one attached hydrogen (secondary N) is 1. The molecule has 5 heteroatoms. The summed E-state index contributed by atoms with van der Waals surface area (Å²) >= 11 is 6.01. The zero-order valence-electron chi connectivity index (χ0n) is 17.3. The minimum Gasteiger partial charge on any atom is -0.326 e. The van der Waals surface area contributed by atoms with Crippen LogP contribution in [-0.4, -0.2) is 10.9 Å². The van der Waals surface area contributed by atoms with Crippen molar-refractivity contribution in [2.75, 3.05) is 5.32 Å². The van der Waals surface area contributed by atoms with Crippen LogP contribution in [0, 0.1) is 24.6 Å². The lowest BCUT2D eigenvalue weighted by Gasteiger charge is -2.32. The number of fused-ring (bicyclic) bond motifs is 1. The summed E-state index contributed by atoms with van der Waals surface area (Å²) in [5.74, 6) is 0.488. The van der Waals surface area contributed by atoms with Crippen LogP contribution in [0.5, 0.6) is 0 Å². The molecule has 4 rings (SSSR count). The fourth-order valence-electron chi connectivity index (χ4n) is 4.65. The van der Waals surface area contributed by atoms with Gasteiger partial charge in [-0.2, -0.15) is 0 Å². The molecule has 1 atom stereocenters. The molecule has 0 bridgehead atoms. The Morgan fingerprint density at radius 1 is 1.13 bits per heavy atom. The predicted octanol–water partition coefficient (Wildman–Crippen LogP) is 6.88. The first kappa shape index (κ1) is 20.8. The van der Waals surface area contributed by atoms with E-state index in [1.54, 1.807) is 18.2 Å². The zero-order valence-corrected chi connectivity index (χ0v) is 18.0. The topological polar surface area (TPSA) is 42.0 Å². The van der Waals surface area contributed by atoms with Crippen molar-refractivity contribution in [2.24, 2.45) is 11.8 Å². The second kappa shape index (κ2) is 8.73. The lowest BCUT2D eigenvalue weighted by molar-refractivity contribution is -0.121. The van der Waals surface area contributed by atoms with E-state index in [9.17, 15) is 9.18 Å². The van der Waals surface area contributed by atoms with E-state index in [4.69, 9.17) is 11.6 Å². The first-order valence-corrected chi connectivity index (χ1v) is 10.9.